The van der Waals surface area contributed by atoms with Crippen molar-refractivity contribution in [3.63, 3.8) is 0 Å². The number of likely N-dealkylation sites (tertiary alicyclic amines) is 1. The van der Waals surface area contributed by atoms with Gasteiger partial charge in [-0.25, -0.2) is 9.59 Å². The Balaban J connectivity index is 0.000000852. The summed E-state index contributed by atoms with van der Waals surface area (Å²) < 4.78 is 0. The van der Waals surface area contributed by atoms with E-state index >= 15 is 0 Å². The maximum absolute atomic E-state index is 12.4. The highest BCUT2D eigenvalue weighted by Crippen LogP contribution is 2.22. The Morgan fingerprint density at radius 2 is 1.38 bits per heavy atom. The number of hydrogen-bond acceptors (Lipinski definition) is 6. The quantitative estimate of drug-likeness (QED) is 0.429. The molecule has 1 saturated heterocycles. The van der Waals surface area contributed by atoms with Crippen LogP contribution in [0.5, 0.6) is 0 Å². The van der Waals surface area contributed by atoms with Gasteiger partial charge in [-0.05, 0) is 57.7 Å². The molecular weight excluding hydrogens is 483 g/mol. The number of aliphatic carboxylic acids is 2. The van der Waals surface area contributed by atoms with Gasteiger partial charge in [-0.1, -0.05) is 29.3 Å². The topological polar surface area (TPSA) is 105 Å². The Labute approximate surface area is 211 Å². The van der Waals surface area contributed by atoms with Crippen molar-refractivity contribution in [3.8, 4) is 0 Å². The number of hydrogen-bond donors (Lipinski definition) is 2. The maximum atomic E-state index is 12.4. The highest BCUT2D eigenvalue weighted by atomic mass is 35.5. The Morgan fingerprint density at radius 1 is 0.853 bits per heavy atom. The van der Waals surface area contributed by atoms with Crippen LogP contribution in [0.4, 0.5) is 0 Å². The highest BCUT2D eigenvalue weighted by molar-refractivity contribution is 6.42. The van der Waals surface area contributed by atoms with E-state index in [-0.39, 0.29) is 5.91 Å². The summed E-state index contributed by atoms with van der Waals surface area (Å²) in [5.41, 5.74) is 0.888. The van der Waals surface area contributed by atoms with Crippen LogP contribution in [-0.2, 0) is 20.8 Å². The fourth-order valence-corrected chi connectivity index (χ4v) is 3.61. The zero-order valence-electron chi connectivity index (χ0n) is 20.2. The molecule has 1 heterocycles. The number of amides is 1. The first-order valence-corrected chi connectivity index (χ1v) is 12.0. The molecule has 2 rings (SSSR count). The van der Waals surface area contributed by atoms with Crippen molar-refractivity contribution in [2.75, 3.05) is 73.5 Å². The lowest BCUT2D eigenvalue weighted by Crippen LogP contribution is -2.39. The SMILES string of the molecule is CN(CCN(C)CCN(C)C(=O)Cc1ccc(Cl)c(Cl)c1)CCN1CCCC1.O=C(O)C(=O)O. The smallest absolute Gasteiger partial charge is 0.414 e. The fraction of sp³-hybridized carbons (Fsp3) is 0.609. The van der Waals surface area contributed by atoms with Gasteiger partial charge in [0.1, 0.15) is 0 Å². The summed E-state index contributed by atoms with van der Waals surface area (Å²) in [4.78, 5) is 39.6. The molecule has 34 heavy (non-hydrogen) atoms. The van der Waals surface area contributed by atoms with Crippen LogP contribution in [0, 0.1) is 0 Å². The van der Waals surface area contributed by atoms with Crippen molar-refractivity contribution < 1.29 is 24.6 Å². The first kappa shape index (κ1) is 30.1. The number of carbonyl (C=O) groups excluding carboxylic acids is 1. The average Bonchev–Trinajstić information content (AvgIpc) is 3.31. The van der Waals surface area contributed by atoms with Gasteiger partial charge in [-0.15, -0.1) is 0 Å². The number of benzene rings is 1. The van der Waals surface area contributed by atoms with Crippen LogP contribution in [0.2, 0.25) is 10.0 Å². The van der Waals surface area contributed by atoms with Crippen molar-refractivity contribution in [3.05, 3.63) is 33.8 Å². The van der Waals surface area contributed by atoms with Gasteiger partial charge >= 0.3 is 11.9 Å². The van der Waals surface area contributed by atoms with E-state index < -0.39 is 11.9 Å². The number of carboxylic acid groups (broad SMARTS) is 2. The predicted octanol–water partition coefficient (Wildman–Crippen LogP) is 2.11. The van der Waals surface area contributed by atoms with Gasteiger partial charge in [0, 0.05) is 46.3 Å². The second-order valence-corrected chi connectivity index (χ2v) is 9.32. The van der Waals surface area contributed by atoms with E-state index in [1.165, 1.54) is 32.5 Å². The summed E-state index contributed by atoms with van der Waals surface area (Å²) in [6.45, 7) is 8.45. The van der Waals surface area contributed by atoms with Gasteiger partial charge in [0.05, 0.1) is 16.5 Å². The van der Waals surface area contributed by atoms with Crippen molar-refractivity contribution in [2.24, 2.45) is 0 Å². The Hall–Kier alpha value is -1.91. The second-order valence-electron chi connectivity index (χ2n) is 8.51. The number of carbonyl (C=O) groups is 3. The molecule has 0 unspecified atom stereocenters. The average molecular weight is 519 g/mol. The van der Waals surface area contributed by atoms with Gasteiger partial charge in [-0.2, -0.15) is 0 Å². The lowest BCUT2D eigenvalue weighted by molar-refractivity contribution is -0.159. The molecule has 9 nitrogen and oxygen atoms in total. The standard InChI is InChI=1S/C21H34Cl2N4O.C2H2O4/c1-24(10-11-25(2)13-15-27-8-4-5-9-27)12-14-26(3)21(28)17-18-6-7-19(22)20(23)16-18;3-1(4)2(5)6/h6-7,16H,4-5,8-15,17H2,1-3H3;(H,3,4)(H,5,6). The molecule has 1 aromatic carbocycles. The van der Waals surface area contributed by atoms with Gasteiger partial charge in [-0.3, -0.25) is 4.79 Å². The van der Waals surface area contributed by atoms with E-state index in [4.69, 9.17) is 43.0 Å². The van der Waals surface area contributed by atoms with Crippen LogP contribution in [-0.4, -0.2) is 121 Å². The summed E-state index contributed by atoms with van der Waals surface area (Å²) in [6, 6.07) is 5.35. The summed E-state index contributed by atoms with van der Waals surface area (Å²) in [6.07, 6.45) is 3.05. The number of rotatable bonds is 11. The number of carboxylic acids is 2. The lowest BCUT2D eigenvalue weighted by Gasteiger charge is -2.25. The molecule has 2 N–H and O–H groups in total. The zero-order valence-corrected chi connectivity index (χ0v) is 21.7. The molecule has 1 amide bonds. The van der Waals surface area contributed by atoms with Crippen LogP contribution >= 0.6 is 23.2 Å². The van der Waals surface area contributed by atoms with Crippen molar-refractivity contribution >= 4 is 41.0 Å². The van der Waals surface area contributed by atoms with E-state index in [2.05, 4.69) is 28.8 Å². The van der Waals surface area contributed by atoms with Crippen LogP contribution in [0.3, 0.4) is 0 Å². The molecule has 192 valence electrons. The van der Waals surface area contributed by atoms with E-state index in [1.807, 2.05) is 13.1 Å². The molecule has 0 atom stereocenters. The molecule has 0 radical (unpaired) electrons. The van der Waals surface area contributed by atoms with Gasteiger partial charge in [0.2, 0.25) is 5.91 Å². The number of likely N-dealkylation sites (N-methyl/N-ethyl adjacent to an activating group) is 3. The minimum atomic E-state index is -1.82. The Morgan fingerprint density at radius 3 is 1.91 bits per heavy atom. The van der Waals surface area contributed by atoms with Crippen molar-refractivity contribution in [1.82, 2.24) is 19.6 Å². The van der Waals surface area contributed by atoms with Crippen LogP contribution in [0.15, 0.2) is 18.2 Å². The Bertz CT molecular complexity index is 794. The van der Waals surface area contributed by atoms with Gasteiger partial charge in [0.15, 0.2) is 0 Å². The minimum absolute atomic E-state index is 0.0921. The molecule has 0 saturated carbocycles. The van der Waals surface area contributed by atoms with E-state index in [1.54, 1.807) is 17.0 Å². The van der Waals surface area contributed by atoms with E-state index in [0.717, 1.165) is 31.7 Å². The molecule has 1 aliphatic rings. The number of halogens is 2. The first-order chi connectivity index (χ1) is 16.0. The number of nitrogens with zero attached hydrogens (tertiary/aromatic N) is 4. The molecule has 0 aliphatic carbocycles. The Kier molecular flexibility index (Phi) is 14.1. The van der Waals surface area contributed by atoms with Crippen molar-refractivity contribution in [2.45, 2.75) is 19.3 Å². The van der Waals surface area contributed by atoms with Crippen LogP contribution in [0.25, 0.3) is 0 Å². The highest BCUT2D eigenvalue weighted by Gasteiger charge is 2.13. The summed E-state index contributed by atoms with van der Waals surface area (Å²) in [5, 5.41) is 15.8. The molecule has 0 spiro atoms. The molecular formula is C23H36Cl2N4O5. The predicted molar refractivity (Wildman–Crippen MR) is 134 cm³/mol. The molecule has 0 aromatic heterocycles. The third-order valence-electron chi connectivity index (χ3n) is 5.63. The van der Waals surface area contributed by atoms with Crippen LogP contribution in [0.1, 0.15) is 18.4 Å². The monoisotopic (exact) mass is 518 g/mol. The molecule has 11 heteroatoms. The third kappa shape index (κ3) is 12.5. The fourth-order valence-electron chi connectivity index (χ4n) is 3.29. The molecule has 1 aliphatic heterocycles. The molecule has 0 bridgehead atoms. The maximum Gasteiger partial charge on any atom is 0.414 e. The third-order valence-corrected chi connectivity index (χ3v) is 6.36. The van der Waals surface area contributed by atoms with E-state index in [9.17, 15) is 4.79 Å². The lowest BCUT2D eigenvalue weighted by atomic mass is 10.1. The second kappa shape index (κ2) is 15.9. The van der Waals surface area contributed by atoms with Crippen LogP contribution < -0.4 is 0 Å². The van der Waals surface area contributed by atoms with Crippen molar-refractivity contribution in [1.29, 1.82) is 0 Å². The molecule has 1 fully saturated rings. The normalized spacial score (nSPS) is 13.6. The zero-order chi connectivity index (χ0) is 25.7. The molecule has 1 aromatic rings. The van der Waals surface area contributed by atoms with E-state index in [0.29, 0.717) is 23.0 Å². The summed E-state index contributed by atoms with van der Waals surface area (Å²) in [5.74, 6) is -3.56. The summed E-state index contributed by atoms with van der Waals surface area (Å²) in [7, 11) is 6.16. The van der Waals surface area contributed by atoms with Gasteiger partial charge < -0.3 is 29.8 Å². The largest absolute Gasteiger partial charge is 0.473 e. The minimum Gasteiger partial charge on any atom is -0.473 e. The first-order valence-electron chi connectivity index (χ1n) is 11.2. The van der Waals surface area contributed by atoms with Gasteiger partial charge in [0.25, 0.3) is 0 Å². The summed E-state index contributed by atoms with van der Waals surface area (Å²) >= 11 is 12.0.